The number of rotatable bonds is 4. The Morgan fingerprint density at radius 2 is 1.80 bits per heavy atom. The minimum Gasteiger partial charge on any atom is -0.383 e. The van der Waals surface area contributed by atoms with Crippen LogP contribution in [0, 0.1) is 11.9 Å². The maximum Gasteiger partial charge on any atom is 0.414 e. The molecule has 0 bridgehead atoms. The number of fused-ring (bicyclic) bond motifs is 1. The van der Waals surface area contributed by atoms with Crippen molar-refractivity contribution in [1.82, 2.24) is 24.3 Å². The second kappa shape index (κ2) is 10.2. The van der Waals surface area contributed by atoms with Crippen molar-refractivity contribution in [2.45, 2.75) is 44.0 Å². The number of nitrogens with zero attached hydrogens (tertiary/aromatic N) is 4. The topological polar surface area (TPSA) is 121 Å². The van der Waals surface area contributed by atoms with E-state index in [0.29, 0.717) is 39.8 Å². The Balaban J connectivity index is 1.22. The molecule has 0 aliphatic carbocycles. The van der Waals surface area contributed by atoms with E-state index in [0.717, 1.165) is 4.68 Å². The van der Waals surface area contributed by atoms with E-state index < -0.39 is 42.0 Å². The van der Waals surface area contributed by atoms with Crippen LogP contribution in [0.25, 0.3) is 27.7 Å². The van der Waals surface area contributed by atoms with Crippen molar-refractivity contribution < 1.29 is 37.1 Å². The molecular weight excluding hydrogens is 584 g/mol. The number of aryl methyl sites for hydroxylation is 1. The van der Waals surface area contributed by atoms with Gasteiger partial charge in [-0.1, -0.05) is 18.2 Å². The van der Waals surface area contributed by atoms with Gasteiger partial charge in [0.1, 0.15) is 11.7 Å². The van der Waals surface area contributed by atoms with Crippen LogP contribution in [0.4, 0.5) is 17.6 Å². The van der Waals surface area contributed by atoms with Gasteiger partial charge < -0.3 is 15.4 Å². The van der Waals surface area contributed by atoms with Crippen molar-refractivity contribution in [3.8, 4) is 0 Å². The summed E-state index contributed by atoms with van der Waals surface area (Å²) in [6.07, 6.45) is -3.30. The number of benzene rings is 1. The number of carbonyl (C=O) groups excluding carboxylic acids is 3. The minimum absolute atomic E-state index is 0.00441. The predicted octanol–water partition coefficient (Wildman–Crippen LogP) is 3.02. The summed E-state index contributed by atoms with van der Waals surface area (Å²) in [5.41, 5.74) is 5.57. The third kappa shape index (κ3) is 4.43. The van der Waals surface area contributed by atoms with Crippen molar-refractivity contribution in [1.29, 1.82) is 0 Å². The fourth-order valence-electron chi connectivity index (χ4n) is 6.60. The summed E-state index contributed by atoms with van der Waals surface area (Å²) in [5, 5.41) is 12.3. The van der Waals surface area contributed by atoms with Crippen LogP contribution in [0.3, 0.4) is 0 Å². The monoisotopic (exact) mass is 610 g/mol. The van der Waals surface area contributed by atoms with E-state index in [4.69, 9.17) is 0 Å². The van der Waals surface area contributed by atoms with Gasteiger partial charge in [-0.2, -0.15) is 17.6 Å². The molecule has 4 aromatic rings. The van der Waals surface area contributed by atoms with E-state index in [1.807, 2.05) is 0 Å². The molecule has 2 atom stereocenters. The molecule has 3 aromatic heterocycles. The van der Waals surface area contributed by atoms with Crippen molar-refractivity contribution in [2.75, 3.05) is 18.5 Å². The SMILES string of the molecule is O=C1NC(=O)C(c2cnc3ccccn23)=C1c1ccc2c3c1cc(F)n3NC(C(=O)N1CCC(C(O)C(F)(F)F)CC1)CC2. The molecule has 1 aromatic carbocycles. The highest BCUT2D eigenvalue weighted by atomic mass is 19.4. The first kappa shape index (κ1) is 28.1. The summed E-state index contributed by atoms with van der Waals surface area (Å²) >= 11 is 0. The third-order valence-electron chi connectivity index (χ3n) is 8.79. The van der Waals surface area contributed by atoms with Crippen LogP contribution in [0.5, 0.6) is 0 Å². The second-order valence-electron chi connectivity index (χ2n) is 11.3. The fraction of sp³-hybridized carbons (Fsp3) is 0.333. The molecule has 10 nitrogen and oxygen atoms in total. The van der Waals surface area contributed by atoms with Gasteiger partial charge in [0.05, 0.1) is 28.6 Å². The molecule has 7 rings (SSSR count). The van der Waals surface area contributed by atoms with Crippen molar-refractivity contribution in [3.05, 3.63) is 71.6 Å². The lowest BCUT2D eigenvalue weighted by Crippen LogP contribution is -2.50. The molecule has 0 saturated carbocycles. The molecule has 3 aliphatic heterocycles. The van der Waals surface area contributed by atoms with E-state index >= 15 is 4.39 Å². The van der Waals surface area contributed by atoms with Gasteiger partial charge in [-0.15, -0.1) is 0 Å². The third-order valence-corrected chi connectivity index (χ3v) is 8.79. The maximum absolute atomic E-state index is 15.6. The van der Waals surface area contributed by atoms with Gasteiger partial charge in [0.15, 0.2) is 6.10 Å². The zero-order chi connectivity index (χ0) is 30.9. The molecule has 0 spiro atoms. The molecule has 6 heterocycles. The Kier molecular flexibility index (Phi) is 6.50. The number of nitrogens with one attached hydrogen (secondary N) is 2. The largest absolute Gasteiger partial charge is 0.414 e. The number of halogens is 4. The molecule has 3 N–H and O–H groups in total. The number of imidazole rings is 1. The van der Waals surface area contributed by atoms with Crippen LogP contribution in [-0.4, -0.2) is 73.2 Å². The first-order valence-electron chi connectivity index (χ1n) is 14.2. The summed E-state index contributed by atoms with van der Waals surface area (Å²) in [6, 6.07) is 9.09. The summed E-state index contributed by atoms with van der Waals surface area (Å²) in [5.74, 6) is -3.33. The van der Waals surface area contributed by atoms with E-state index in [1.165, 1.54) is 17.2 Å². The number of imide groups is 1. The van der Waals surface area contributed by atoms with Gasteiger partial charge >= 0.3 is 6.18 Å². The molecule has 0 radical (unpaired) electrons. The van der Waals surface area contributed by atoms with Crippen molar-refractivity contribution in [2.24, 2.45) is 5.92 Å². The number of aliphatic hydroxyl groups is 1. The number of carbonyl (C=O) groups is 3. The zero-order valence-corrected chi connectivity index (χ0v) is 23.1. The number of hydrogen-bond acceptors (Lipinski definition) is 6. The van der Waals surface area contributed by atoms with Crippen LogP contribution in [0.1, 0.15) is 36.1 Å². The van der Waals surface area contributed by atoms with Crippen LogP contribution in [0.15, 0.2) is 48.8 Å². The van der Waals surface area contributed by atoms with Gasteiger partial charge in [0.2, 0.25) is 11.9 Å². The van der Waals surface area contributed by atoms with E-state index in [-0.39, 0.29) is 49.4 Å². The van der Waals surface area contributed by atoms with Gasteiger partial charge in [-0.25, -0.2) is 9.66 Å². The smallest absolute Gasteiger partial charge is 0.383 e. The van der Waals surface area contributed by atoms with Gasteiger partial charge in [-0.3, -0.25) is 24.1 Å². The number of aliphatic hydroxyl groups excluding tert-OH is 1. The van der Waals surface area contributed by atoms with Crippen LogP contribution in [-0.2, 0) is 20.8 Å². The molecule has 1 saturated heterocycles. The van der Waals surface area contributed by atoms with E-state index in [1.54, 1.807) is 40.9 Å². The Bertz CT molecular complexity index is 1890. The summed E-state index contributed by atoms with van der Waals surface area (Å²) < 4.78 is 57.3. The molecule has 44 heavy (non-hydrogen) atoms. The number of alkyl halides is 3. The highest BCUT2D eigenvalue weighted by molar-refractivity contribution is 6.49. The highest BCUT2D eigenvalue weighted by Crippen LogP contribution is 2.38. The van der Waals surface area contributed by atoms with Crippen molar-refractivity contribution in [3.63, 3.8) is 0 Å². The molecule has 1 fully saturated rings. The van der Waals surface area contributed by atoms with Crippen LogP contribution >= 0.6 is 0 Å². The van der Waals surface area contributed by atoms with Gasteiger partial charge in [0.25, 0.3) is 11.8 Å². The molecule has 3 aliphatic rings. The van der Waals surface area contributed by atoms with Gasteiger partial charge in [-0.05, 0) is 54.9 Å². The second-order valence-corrected chi connectivity index (χ2v) is 11.3. The Labute approximate surface area is 246 Å². The number of aromatic nitrogens is 3. The number of hydrogen-bond donors (Lipinski definition) is 3. The number of pyridine rings is 1. The number of piperidine rings is 1. The molecule has 3 amide bonds. The van der Waals surface area contributed by atoms with E-state index in [2.05, 4.69) is 15.7 Å². The lowest BCUT2D eigenvalue weighted by atomic mass is 9.90. The Morgan fingerprint density at radius 3 is 2.55 bits per heavy atom. The molecule has 2 unspecified atom stereocenters. The van der Waals surface area contributed by atoms with E-state index in [9.17, 15) is 32.7 Å². The standard InChI is InChI=1S/C30H26F4N6O4/c31-21-13-18-17(23-24(28(43)36-27(23)42)20-14-35-22-3-1-2-10-39(20)22)6-4-15-5-7-19(37-40(21)25(15)18)29(44)38-11-8-16(9-12-38)26(41)30(32,33)34/h1-4,6,10,13-14,16,19,26,37,41H,5,7-9,11-12H2,(H,36,42,43). The molecular formula is C30H26F4N6O4. The molecule has 228 valence electrons. The minimum atomic E-state index is -4.72. The van der Waals surface area contributed by atoms with Crippen molar-refractivity contribution >= 4 is 45.4 Å². The normalized spacial score (nSPS) is 20.3. The fourth-order valence-corrected chi connectivity index (χ4v) is 6.60. The first-order valence-corrected chi connectivity index (χ1v) is 14.2. The quantitative estimate of drug-likeness (QED) is 0.242. The van der Waals surface area contributed by atoms with Crippen LogP contribution in [0.2, 0.25) is 0 Å². The highest BCUT2D eigenvalue weighted by Gasteiger charge is 2.45. The predicted molar refractivity (Wildman–Crippen MR) is 150 cm³/mol. The zero-order valence-electron chi connectivity index (χ0n) is 23.1. The Morgan fingerprint density at radius 1 is 1.05 bits per heavy atom. The molecule has 14 heteroatoms. The summed E-state index contributed by atoms with van der Waals surface area (Å²) in [7, 11) is 0. The lowest BCUT2D eigenvalue weighted by Gasteiger charge is -2.36. The average Bonchev–Trinajstić information content (AvgIpc) is 3.60. The lowest BCUT2D eigenvalue weighted by molar-refractivity contribution is -0.223. The maximum atomic E-state index is 15.6. The number of amides is 3. The number of likely N-dealkylation sites (tertiary alicyclic amines) is 1. The summed E-state index contributed by atoms with van der Waals surface area (Å²) in [4.78, 5) is 45.5. The Hall–Kier alpha value is -4.72. The average molecular weight is 611 g/mol. The van der Waals surface area contributed by atoms with Crippen LogP contribution < -0.4 is 10.7 Å². The van der Waals surface area contributed by atoms with Gasteiger partial charge in [0, 0.05) is 30.7 Å². The summed E-state index contributed by atoms with van der Waals surface area (Å²) in [6.45, 7) is 0.0810. The first-order chi connectivity index (χ1) is 21.0.